The fourth-order valence-corrected chi connectivity index (χ4v) is 2.48. The van der Waals surface area contributed by atoms with Gasteiger partial charge < -0.3 is 9.15 Å². The lowest BCUT2D eigenvalue weighted by Gasteiger charge is -2.05. The Hall–Kier alpha value is -1.56. The number of fused-ring (bicyclic) bond motifs is 2. The molecule has 18 heavy (non-hydrogen) atoms. The van der Waals surface area contributed by atoms with Gasteiger partial charge in [0.2, 0.25) is 5.43 Å². The highest BCUT2D eigenvalue weighted by atomic mass is 127. The molecule has 0 spiro atoms. The maximum atomic E-state index is 12.4. The monoisotopic (exact) mass is 352 g/mol. The standard InChI is InChI=1S/C14H9IO3/c1-17-12-4-2-3-9-13(16)10-7-8(15)5-6-11(10)18-14(9)12/h2-7H,1H3. The second-order valence-corrected chi connectivity index (χ2v) is 5.15. The Bertz CT molecular complexity index is 805. The molecule has 0 aliphatic rings. The van der Waals surface area contributed by atoms with Gasteiger partial charge in [-0.2, -0.15) is 0 Å². The van der Waals surface area contributed by atoms with Crippen molar-refractivity contribution in [2.24, 2.45) is 0 Å². The van der Waals surface area contributed by atoms with E-state index in [0.29, 0.717) is 27.7 Å². The van der Waals surface area contributed by atoms with Gasteiger partial charge in [0, 0.05) is 3.57 Å². The molecule has 0 saturated carbocycles. The van der Waals surface area contributed by atoms with Gasteiger partial charge in [0.15, 0.2) is 11.3 Å². The summed E-state index contributed by atoms with van der Waals surface area (Å²) in [4.78, 5) is 12.4. The van der Waals surface area contributed by atoms with Crippen LogP contribution in [0, 0.1) is 3.57 Å². The average molecular weight is 352 g/mol. The van der Waals surface area contributed by atoms with Crippen LogP contribution in [0.2, 0.25) is 0 Å². The zero-order valence-corrected chi connectivity index (χ0v) is 11.7. The highest BCUT2D eigenvalue weighted by Crippen LogP contribution is 2.27. The minimum atomic E-state index is -0.0244. The lowest BCUT2D eigenvalue weighted by Crippen LogP contribution is -2.03. The summed E-state index contributed by atoms with van der Waals surface area (Å²) in [5.74, 6) is 0.574. The van der Waals surface area contributed by atoms with Gasteiger partial charge in [0.05, 0.1) is 17.9 Å². The first kappa shape index (κ1) is 11.5. The summed E-state index contributed by atoms with van der Waals surface area (Å²) in [6, 6.07) is 10.9. The number of hydrogen-bond acceptors (Lipinski definition) is 3. The van der Waals surface area contributed by atoms with Crippen LogP contribution in [0.3, 0.4) is 0 Å². The van der Waals surface area contributed by atoms with Gasteiger partial charge in [-0.05, 0) is 52.9 Å². The van der Waals surface area contributed by atoms with Crippen molar-refractivity contribution in [3.63, 3.8) is 0 Å². The number of rotatable bonds is 1. The molecule has 0 unspecified atom stereocenters. The smallest absolute Gasteiger partial charge is 0.200 e. The van der Waals surface area contributed by atoms with Crippen LogP contribution in [-0.2, 0) is 0 Å². The average Bonchev–Trinajstić information content (AvgIpc) is 2.39. The Morgan fingerprint density at radius 1 is 1.17 bits per heavy atom. The Labute approximate surface area is 117 Å². The lowest BCUT2D eigenvalue weighted by molar-refractivity contribution is 0.411. The number of halogens is 1. The molecule has 2 aromatic carbocycles. The minimum Gasteiger partial charge on any atom is -0.493 e. The fourth-order valence-electron chi connectivity index (χ4n) is 1.98. The molecule has 3 nitrogen and oxygen atoms in total. The van der Waals surface area contributed by atoms with Gasteiger partial charge in [0.1, 0.15) is 5.58 Å². The molecule has 4 heteroatoms. The van der Waals surface area contributed by atoms with E-state index in [-0.39, 0.29) is 5.43 Å². The van der Waals surface area contributed by atoms with Gasteiger partial charge in [-0.3, -0.25) is 4.79 Å². The first-order valence-electron chi connectivity index (χ1n) is 5.40. The normalized spacial score (nSPS) is 11.0. The van der Waals surface area contributed by atoms with E-state index in [0.717, 1.165) is 3.57 Å². The van der Waals surface area contributed by atoms with Crippen molar-refractivity contribution in [3.8, 4) is 5.75 Å². The number of benzene rings is 2. The molecule has 1 aromatic heterocycles. The van der Waals surface area contributed by atoms with Gasteiger partial charge in [-0.15, -0.1) is 0 Å². The van der Waals surface area contributed by atoms with Crippen LogP contribution in [0.25, 0.3) is 21.9 Å². The highest BCUT2D eigenvalue weighted by Gasteiger charge is 2.11. The van der Waals surface area contributed by atoms with Gasteiger partial charge >= 0.3 is 0 Å². The number of hydrogen-bond donors (Lipinski definition) is 0. The number of methoxy groups -OCH3 is 1. The summed E-state index contributed by atoms with van der Waals surface area (Å²) in [5, 5.41) is 1.14. The predicted octanol–water partition coefficient (Wildman–Crippen LogP) is 3.56. The third-order valence-electron chi connectivity index (χ3n) is 2.84. The Balaban J connectivity index is 2.56. The molecule has 0 amide bonds. The molecular formula is C14H9IO3. The molecule has 0 radical (unpaired) electrons. The van der Waals surface area contributed by atoms with Crippen molar-refractivity contribution < 1.29 is 9.15 Å². The number of para-hydroxylation sites is 1. The summed E-state index contributed by atoms with van der Waals surface area (Å²) in [6.45, 7) is 0. The molecule has 0 aliphatic heterocycles. The predicted molar refractivity (Wildman–Crippen MR) is 79.3 cm³/mol. The maximum Gasteiger partial charge on any atom is 0.200 e. The first-order valence-corrected chi connectivity index (χ1v) is 6.47. The Kier molecular flexibility index (Phi) is 2.74. The maximum absolute atomic E-state index is 12.4. The summed E-state index contributed by atoms with van der Waals surface area (Å²) in [5.41, 5.74) is 1.06. The van der Waals surface area contributed by atoms with Crippen molar-refractivity contribution in [1.29, 1.82) is 0 Å². The topological polar surface area (TPSA) is 39.4 Å². The lowest BCUT2D eigenvalue weighted by atomic mass is 10.1. The van der Waals surface area contributed by atoms with E-state index < -0.39 is 0 Å². The zero-order valence-electron chi connectivity index (χ0n) is 9.57. The van der Waals surface area contributed by atoms with E-state index in [1.54, 1.807) is 25.3 Å². The largest absolute Gasteiger partial charge is 0.493 e. The molecule has 0 N–H and O–H groups in total. The molecule has 3 rings (SSSR count). The second kappa shape index (κ2) is 4.28. The molecule has 0 saturated heterocycles. The van der Waals surface area contributed by atoms with Crippen LogP contribution in [-0.4, -0.2) is 7.11 Å². The molecule has 0 aliphatic carbocycles. The van der Waals surface area contributed by atoms with Crippen molar-refractivity contribution in [1.82, 2.24) is 0 Å². The van der Waals surface area contributed by atoms with Crippen LogP contribution in [0.15, 0.2) is 45.6 Å². The fraction of sp³-hybridized carbons (Fsp3) is 0.0714. The van der Waals surface area contributed by atoms with Crippen LogP contribution in [0.1, 0.15) is 0 Å². The molecule has 90 valence electrons. The van der Waals surface area contributed by atoms with Gasteiger partial charge in [-0.25, -0.2) is 0 Å². The summed E-state index contributed by atoms with van der Waals surface area (Å²) in [7, 11) is 1.56. The van der Waals surface area contributed by atoms with Crippen LogP contribution in [0.5, 0.6) is 5.75 Å². The number of ether oxygens (including phenoxy) is 1. The summed E-state index contributed by atoms with van der Waals surface area (Å²) in [6.07, 6.45) is 0. The zero-order chi connectivity index (χ0) is 12.7. The van der Waals surface area contributed by atoms with E-state index in [4.69, 9.17) is 9.15 Å². The Morgan fingerprint density at radius 3 is 2.78 bits per heavy atom. The molecular weight excluding hydrogens is 343 g/mol. The van der Waals surface area contributed by atoms with E-state index >= 15 is 0 Å². The first-order chi connectivity index (χ1) is 8.70. The summed E-state index contributed by atoms with van der Waals surface area (Å²) < 4.78 is 12.0. The van der Waals surface area contributed by atoms with Gasteiger partial charge in [0.25, 0.3) is 0 Å². The molecule has 0 bridgehead atoms. The van der Waals surface area contributed by atoms with Crippen LogP contribution in [0.4, 0.5) is 0 Å². The molecule has 0 fully saturated rings. The minimum absolute atomic E-state index is 0.0244. The SMILES string of the molecule is COc1cccc2c(=O)c3cc(I)ccc3oc12. The molecule has 1 heterocycles. The highest BCUT2D eigenvalue weighted by molar-refractivity contribution is 14.1. The van der Waals surface area contributed by atoms with E-state index in [1.807, 2.05) is 18.2 Å². The van der Waals surface area contributed by atoms with Gasteiger partial charge in [-0.1, -0.05) is 6.07 Å². The molecule has 0 atom stereocenters. The van der Waals surface area contributed by atoms with E-state index in [9.17, 15) is 4.79 Å². The van der Waals surface area contributed by atoms with Crippen molar-refractivity contribution in [2.75, 3.05) is 7.11 Å². The van der Waals surface area contributed by atoms with Crippen LogP contribution >= 0.6 is 22.6 Å². The third kappa shape index (κ3) is 1.68. The Morgan fingerprint density at radius 2 is 2.00 bits per heavy atom. The van der Waals surface area contributed by atoms with Crippen LogP contribution < -0.4 is 10.2 Å². The molecule has 3 aromatic rings. The van der Waals surface area contributed by atoms with Crippen molar-refractivity contribution in [3.05, 3.63) is 50.2 Å². The van der Waals surface area contributed by atoms with E-state index in [1.165, 1.54) is 0 Å². The summed E-state index contributed by atoms with van der Waals surface area (Å²) >= 11 is 2.18. The quantitative estimate of drug-likeness (QED) is 0.497. The van der Waals surface area contributed by atoms with Crippen molar-refractivity contribution in [2.45, 2.75) is 0 Å². The van der Waals surface area contributed by atoms with Crippen molar-refractivity contribution >= 4 is 44.5 Å². The van der Waals surface area contributed by atoms with E-state index in [2.05, 4.69) is 22.6 Å². The third-order valence-corrected chi connectivity index (χ3v) is 3.51. The second-order valence-electron chi connectivity index (χ2n) is 3.91.